The smallest absolute Gasteiger partial charge is 0.126 e. The molecule has 1 nitrogen and oxygen atoms in total. The summed E-state index contributed by atoms with van der Waals surface area (Å²) in [5, 5.41) is 0. The molecule has 2 rings (SSSR count). The second-order valence-corrected chi connectivity index (χ2v) is 4.88. The van der Waals surface area contributed by atoms with Gasteiger partial charge in [-0.25, -0.2) is 13.2 Å². The molecule has 2 N–H and O–H groups in total. The van der Waals surface area contributed by atoms with Crippen LogP contribution >= 0.6 is 0 Å². The SMILES string of the molecule is CC(N)(Cc1cccc(F)c1)c1cc(F)cc(F)c1. The Balaban J connectivity index is 2.31. The second-order valence-electron chi connectivity index (χ2n) is 4.88. The van der Waals surface area contributed by atoms with Crippen molar-refractivity contribution in [1.82, 2.24) is 0 Å². The van der Waals surface area contributed by atoms with Crippen LogP contribution in [0.5, 0.6) is 0 Å². The first-order chi connectivity index (χ1) is 8.87. The molecule has 0 amide bonds. The zero-order valence-electron chi connectivity index (χ0n) is 10.5. The van der Waals surface area contributed by atoms with Crippen molar-refractivity contribution in [2.24, 2.45) is 5.73 Å². The standard InChI is InChI=1S/C15H14F3N/c1-15(19,9-10-3-2-4-12(16)5-10)11-6-13(17)8-14(18)7-11/h2-8H,9,19H2,1H3. The maximum Gasteiger partial charge on any atom is 0.126 e. The molecular formula is C15H14F3N. The molecule has 4 heteroatoms. The van der Waals surface area contributed by atoms with E-state index in [1.165, 1.54) is 24.3 Å². The molecule has 100 valence electrons. The average Bonchev–Trinajstić information content (AvgIpc) is 2.26. The fourth-order valence-corrected chi connectivity index (χ4v) is 2.06. The Morgan fingerprint density at radius 2 is 1.58 bits per heavy atom. The lowest BCUT2D eigenvalue weighted by molar-refractivity contribution is 0.477. The minimum atomic E-state index is -0.975. The topological polar surface area (TPSA) is 26.0 Å². The van der Waals surface area contributed by atoms with Crippen LogP contribution in [0.2, 0.25) is 0 Å². The third-order valence-corrected chi connectivity index (χ3v) is 2.98. The Morgan fingerprint density at radius 3 is 2.16 bits per heavy atom. The molecule has 0 aliphatic heterocycles. The Bertz CT molecular complexity index is 573. The molecule has 0 aliphatic rings. The summed E-state index contributed by atoms with van der Waals surface area (Å²) in [6.07, 6.45) is 0.285. The summed E-state index contributed by atoms with van der Waals surface area (Å²) in [7, 11) is 0. The van der Waals surface area contributed by atoms with Crippen LogP contribution in [0.3, 0.4) is 0 Å². The van der Waals surface area contributed by atoms with E-state index < -0.39 is 17.2 Å². The maximum atomic E-state index is 13.2. The fraction of sp³-hybridized carbons (Fsp3) is 0.200. The first kappa shape index (κ1) is 13.6. The monoisotopic (exact) mass is 265 g/mol. The predicted octanol–water partition coefficient (Wildman–Crippen LogP) is 3.52. The number of benzene rings is 2. The van der Waals surface area contributed by atoms with Gasteiger partial charge in [-0.05, 0) is 48.7 Å². The lowest BCUT2D eigenvalue weighted by Crippen LogP contribution is -2.35. The molecular weight excluding hydrogens is 251 g/mol. The van der Waals surface area contributed by atoms with Gasteiger partial charge in [0.1, 0.15) is 17.5 Å². The van der Waals surface area contributed by atoms with Gasteiger partial charge in [0.05, 0.1) is 0 Å². The Kier molecular flexibility index (Phi) is 3.62. The van der Waals surface area contributed by atoms with E-state index in [0.29, 0.717) is 11.1 Å². The summed E-state index contributed by atoms with van der Waals surface area (Å²) in [6, 6.07) is 9.18. The number of nitrogens with two attached hydrogens (primary N) is 1. The quantitative estimate of drug-likeness (QED) is 0.902. The van der Waals surface area contributed by atoms with Crippen molar-refractivity contribution < 1.29 is 13.2 Å². The van der Waals surface area contributed by atoms with Gasteiger partial charge in [0, 0.05) is 11.6 Å². The predicted molar refractivity (Wildman–Crippen MR) is 68.0 cm³/mol. The van der Waals surface area contributed by atoms with E-state index in [9.17, 15) is 13.2 Å². The molecule has 0 fully saturated rings. The molecule has 2 aromatic carbocycles. The van der Waals surface area contributed by atoms with Gasteiger partial charge in [0.15, 0.2) is 0 Å². The number of halogens is 3. The minimum Gasteiger partial charge on any atom is -0.321 e. The number of hydrogen-bond donors (Lipinski definition) is 1. The van der Waals surface area contributed by atoms with Crippen LogP contribution in [-0.4, -0.2) is 0 Å². The normalized spacial score (nSPS) is 14.2. The lowest BCUT2D eigenvalue weighted by atomic mass is 9.86. The van der Waals surface area contributed by atoms with Crippen molar-refractivity contribution in [2.75, 3.05) is 0 Å². The van der Waals surface area contributed by atoms with E-state index in [4.69, 9.17) is 5.73 Å². The molecule has 0 saturated carbocycles. The van der Waals surface area contributed by atoms with Gasteiger partial charge in [-0.2, -0.15) is 0 Å². The number of rotatable bonds is 3. The molecule has 0 bridgehead atoms. The minimum absolute atomic E-state index is 0.285. The molecule has 0 aliphatic carbocycles. The molecule has 19 heavy (non-hydrogen) atoms. The fourth-order valence-electron chi connectivity index (χ4n) is 2.06. The van der Waals surface area contributed by atoms with Crippen LogP contribution in [-0.2, 0) is 12.0 Å². The molecule has 0 aromatic heterocycles. The maximum absolute atomic E-state index is 13.2. The molecule has 0 spiro atoms. The summed E-state index contributed by atoms with van der Waals surface area (Å²) < 4.78 is 39.5. The zero-order valence-corrected chi connectivity index (χ0v) is 10.5. The van der Waals surface area contributed by atoms with E-state index in [1.54, 1.807) is 19.1 Å². The molecule has 1 unspecified atom stereocenters. The van der Waals surface area contributed by atoms with E-state index in [1.807, 2.05) is 0 Å². The van der Waals surface area contributed by atoms with Gasteiger partial charge >= 0.3 is 0 Å². The highest BCUT2D eigenvalue weighted by molar-refractivity contribution is 5.29. The van der Waals surface area contributed by atoms with E-state index in [-0.39, 0.29) is 12.2 Å². The highest BCUT2D eigenvalue weighted by Crippen LogP contribution is 2.24. The van der Waals surface area contributed by atoms with Crippen molar-refractivity contribution in [3.63, 3.8) is 0 Å². The van der Waals surface area contributed by atoms with Gasteiger partial charge in [0.2, 0.25) is 0 Å². The van der Waals surface area contributed by atoms with E-state index >= 15 is 0 Å². The Morgan fingerprint density at radius 1 is 0.947 bits per heavy atom. The Hall–Kier alpha value is -1.81. The van der Waals surface area contributed by atoms with Crippen molar-refractivity contribution >= 4 is 0 Å². The van der Waals surface area contributed by atoms with Crippen LogP contribution in [0.4, 0.5) is 13.2 Å². The first-order valence-corrected chi connectivity index (χ1v) is 5.87. The van der Waals surface area contributed by atoms with Crippen LogP contribution in [0, 0.1) is 17.5 Å². The van der Waals surface area contributed by atoms with Crippen molar-refractivity contribution in [1.29, 1.82) is 0 Å². The van der Waals surface area contributed by atoms with Gasteiger partial charge < -0.3 is 5.73 Å². The van der Waals surface area contributed by atoms with Crippen molar-refractivity contribution in [3.05, 3.63) is 71.0 Å². The summed E-state index contributed by atoms with van der Waals surface area (Å²) in [5.74, 6) is -1.71. The van der Waals surface area contributed by atoms with Crippen LogP contribution < -0.4 is 5.73 Å². The van der Waals surface area contributed by atoms with Gasteiger partial charge in [0.25, 0.3) is 0 Å². The van der Waals surface area contributed by atoms with Gasteiger partial charge in [-0.15, -0.1) is 0 Å². The molecule has 2 aromatic rings. The Labute approximate surface area is 109 Å². The molecule has 0 saturated heterocycles. The third-order valence-electron chi connectivity index (χ3n) is 2.98. The van der Waals surface area contributed by atoms with E-state index in [0.717, 1.165) is 6.07 Å². The molecule has 0 heterocycles. The van der Waals surface area contributed by atoms with Gasteiger partial charge in [-0.1, -0.05) is 12.1 Å². The summed E-state index contributed by atoms with van der Waals surface area (Å²) in [6.45, 7) is 1.66. The summed E-state index contributed by atoms with van der Waals surface area (Å²) >= 11 is 0. The van der Waals surface area contributed by atoms with Crippen LogP contribution in [0.15, 0.2) is 42.5 Å². The van der Waals surface area contributed by atoms with Crippen molar-refractivity contribution in [3.8, 4) is 0 Å². The second kappa shape index (κ2) is 5.05. The molecule has 0 radical (unpaired) electrons. The first-order valence-electron chi connectivity index (χ1n) is 5.87. The summed E-state index contributed by atoms with van der Waals surface area (Å²) in [4.78, 5) is 0. The van der Waals surface area contributed by atoms with E-state index in [2.05, 4.69) is 0 Å². The summed E-state index contributed by atoms with van der Waals surface area (Å²) in [5.41, 5.74) is 6.14. The average molecular weight is 265 g/mol. The lowest BCUT2D eigenvalue weighted by Gasteiger charge is -2.25. The molecule has 1 atom stereocenters. The third kappa shape index (κ3) is 3.35. The number of hydrogen-bond acceptors (Lipinski definition) is 1. The zero-order chi connectivity index (χ0) is 14.0. The largest absolute Gasteiger partial charge is 0.321 e. The van der Waals surface area contributed by atoms with Crippen LogP contribution in [0.25, 0.3) is 0 Å². The van der Waals surface area contributed by atoms with Crippen molar-refractivity contribution in [2.45, 2.75) is 18.9 Å². The highest BCUT2D eigenvalue weighted by Gasteiger charge is 2.23. The van der Waals surface area contributed by atoms with Crippen LogP contribution in [0.1, 0.15) is 18.1 Å². The highest BCUT2D eigenvalue weighted by atomic mass is 19.1. The van der Waals surface area contributed by atoms with Gasteiger partial charge in [-0.3, -0.25) is 0 Å².